The van der Waals surface area contributed by atoms with Crippen molar-refractivity contribution >= 4 is 23.2 Å². The molecule has 0 heterocycles. The maximum Gasteiger partial charge on any atom is 0.251 e. The van der Waals surface area contributed by atoms with Crippen molar-refractivity contribution < 1.29 is 14.3 Å². The van der Waals surface area contributed by atoms with Gasteiger partial charge in [0, 0.05) is 23.0 Å². The number of ether oxygens (including phenoxy) is 1. The summed E-state index contributed by atoms with van der Waals surface area (Å²) in [6.07, 6.45) is 0. The van der Waals surface area contributed by atoms with E-state index in [0.717, 1.165) is 11.3 Å². The van der Waals surface area contributed by atoms with Crippen molar-refractivity contribution in [1.82, 2.24) is 5.32 Å². The molecule has 0 fully saturated rings. The Morgan fingerprint density at radius 3 is 2.33 bits per heavy atom. The molecular weight excluding hydrogens is 414 g/mol. The van der Waals surface area contributed by atoms with E-state index in [-0.39, 0.29) is 24.4 Å². The molecule has 6 heteroatoms. The summed E-state index contributed by atoms with van der Waals surface area (Å²) in [5, 5.41) is 8.94. The first-order valence-corrected chi connectivity index (χ1v) is 11.1. The van der Waals surface area contributed by atoms with Gasteiger partial charge in [0.25, 0.3) is 5.91 Å². The van der Waals surface area contributed by atoms with Crippen molar-refractivity contribution in [3.63, 3.8) is 0 Å². The van der Waals surface area contributed by atoms with Gasteiger partial charge in [-0.3, -0.25) is 9.59 Å². The number of hydrogen-bond acceptors (Lipinski definition) is 4. The fourth-order valence-electron chi connectivity index (χ4n) is 3.19. The number of carbonyl (C=O) groups excluding carboxylic acids is 2. The standard InChI is InChI=1S/C27H31N3O3/c1-19(2)18-33-25-14-8-13-24(16-25)30-26(31)17-28-23-12-7-11-22(15-23)27(32)29-20(3)21-9-5-4-6-10-21/h4-16,19-20,28H,17-18H2,1-3H3,(H,29,32)(H,30,31). The summed E-state index contributed by atoms with van der Waals surface area (Å²) in [4.78, 5) is 25.0. The minimum atomic E-state index is -0.191. The lowest BCUT2D eigenvalue weighted by Crippen LogP contribution is -2.26. The average Bonchev–Trinajstić information content (AvgIpc) is 2.82. The Labute approximate surface area is 195 Å². The Morgan fingerprint density at radius 2 is 1.58 bits per heavy atom. The number of benzene rings is 3. The van der Waals surface area contributed by atoms with Crippen LogP contribution in [0.15, 0.2) is 78.9 Å². The van der Waals surface area contributed by atoms with E-state index in [1.165, 1.54) is 0 Å². The molecule has 0 radical (unpaired) electrons. The first kappa shape index (κ1) is 23.9. The van der Waals surface area contributed by atoms with Crippen molar-refractivity contribution in [2.45, 2.75) is 26.8 Å². The molecule has 172 valence electrons. The van der Waals surface area contributed by atoms with Gasteiger partial charge in [0.05, 0.1) is 19.2 Å². The van der Waals surface area contributed by atoms with Crippen molar-refractivity contribution in [3.8, 4) is 5.75 Å². The van der Waals surface area contributed by atoms with Gasteiger partial charge < -0.3 is 20.7 Å². The molecule has 6 nitrogen and oxygen atoms in total. The van der Waals surface area contributed by atoms with Crippen LogP contribution < -0.4 is 20.7 Å². The van der Waals surface area contributed by atoms with E-state index in [2.05, 4.69) is 29.8 Å². The van der Waals surface area contributed by atoms with Crippen LogP contribution in [-0.2, 0) is 4.79 Å². The molecule has 1 atom stereocenters. The lowest BCUT2D eigenvalue weighted by atomic mass is 10.1. The van der Waals surface area contributed by atoms with Gasteiger partial charge in [-0.15, -0.1) is 0 Å². The first-order chi connectivity index (χ1) is 15.9. The van der Waals surface area contributed by atoms with Crippen LogP contribution in [0.3, 0.4) is 0 Å². The third-order valence-electron chi connectivity index (χ3n) is 4.93. The van der Waals surface area contributed by atoms with Crippen LogP contribution in [0.5, 0.6) is 5.75 Å². The Balaban J connectivity index is 1.52. The molecule has 3 N–H and O–H groups in total. The van der Waals surface area contributed by atoms with E-state index >= 15 is 0 Å². The summed E-state index contributed by atoms with van der Waals surface area (Å²) >= 11 is 0. The highest BCUT2D eigenvalue weighted by molar-refractivity contribution is 5.96. The lowest BCUT2D eigenvalue weighted by molar-refractivity contribution is -0.114. The molecule has 0 aliphatic heterocycles. The van der Waals surface area contributed by atoms with Gasteiger partial charge in [-0.25, -0.2) is 0 Å². The molecule has 3 aromatic rings. The van der Waals surface area contributed by atoms with E-state index in [1.54, 1.807) is 24.3 Å². The van der Waals surface area contributed by atoms with Crippen molar-refractivity contribution in [2.75, 3.05) is 23.8 Å². The van der Waals surface area contributed by atoms with Gasteiger partial charge in [-0.2, -0.15) is 0 Å². The zero-order valence-corrected chi connectivity index (χ0v) is 19.3. The monoisotopic (exact) mass is 445 g/mol. The predicted molar refractivity (Wildman–Crippen MR) is 133 cm³/mol. The highest BCUT2D eigenvalue weighted by Crippen LogP contribution is 2.18. The molecule has 0 aromatic heterocycles. The second-order valence-electron chi connectivity index (χ2n) is 8.32. The summed E-state index contributed by atoms with van der Waals surface area (Å²) < 4.78 is 5.71. The molecule has 0 saturated carbocycles. The zero-order chi connectivity index (χ0) is 23.6. The maximum atomic E-state index is 12.7. The smallest absolute Gasteiger partial charge is 0.251 e. The quantitative estimate of drug-likeness (QED) is 0.398. The van der Waals surface area contributed by atoms with E-state index in [1.807, 2.05) is 61.5 Å². The fourth-order valence-corrected chi connectivity index (χ4v) is 3.19. The zero-order valence-electron chi connectivity index (χ0n) is 19.3. The fraction of sp³-hybridized carbons (Fsp3) is 0.259. The number of rotatable bonds is 10. The topological polar surface area (TPSA) is 79.5 Å². The third-order valence-corrected chi connectivity index (χ3v) is 4.93. The Morgan fingerprint density at radius 1 is 0.848 bits per heavy atom. The molecular formula is C27H31N3O3. The van der Waals surface area contributed by atoms with E-state index in [9.17, 15) is 9.59 Å². The van der Waals surface area contributed by atoms with E-state index < -0.39 is 0 Å². The number of nitrogens with one attached hydrogen (secondary N) is 3. The molecule has 0 aliphatic rings. The van der Waals surface area contributed by atoms with Crippen LogP contribution in [0.4, 0.5) is 11.4 Å². The molecule has 3 rings (SSSR count). The van der Waals surface area contributed by atoms with E-state index in [0.29, 0.717) is 29.5 Å². The van der Waals surface area contributed by atoms with Gasteiger partial charge in [0.1, 0.15) is 5.75 Å². The summed E-state index contributed by atoms with van der Waals surface area (Å²) in [6, 6.07) is 24.1. The number of hydrogen-bond donors (Lipinski definition) is 3. The largest absolute Gasteiger partial charge is 0.493 e. The predicted octanol–water partition coefficient (Wildman–Crippen LogP) is 5.26. The van der Waals surface area contributed by atoms with Crippen molar-refractivity contribution in [3.05, 3.63) is 90.0 Å². The van der Waals surface area contributed by atoms with Gasteiger partial charge in [-0.05, 0) is 48.7 Å². The average molecular weight is 446 g/mol. The summed E-state index contributed by atoms with van der Waals surface area (Å²) in [6.45, 7) is 6.80. The first-order valence-electron chi connectivity index (χ1n) is 11.1. The minimum absolute atomic E-state index is 0.0720. The molecule has 2 amide bonds. The molecule has 33 heavy (non-hydrogen) atoms. The molecule has 0 spiro atoms. The number of anilines is 2. The molecule has 1 unspecified atom stereocenters. The summed E-state index contributed by atoms with van der Waals surface area (Å²) in [5.41, 5.74) is 2.93. The highest BCUT2D eigenvalue weighted by atomic mass is 16.5. The van der Waals surface area contributed by atoms with Crippen LogP contribution in [0.25, 0.3) is 0 Å². The highest BCUT2D eigenvalue weighted by Gasteiger charge is 2.12. The Bertz CT molecular complexity index is 1070. The second kappa shape index (κ2) is 11.7. The van der Waals surface area contributed by atoms with Gasteiger partial charge in [-0.1, -0.05) is 56.3 Å². The van der Waals surface area contributed by atoms with Crippen LogP contribution >= 0.6 is 0 Å². The van der Waals surface area contributed by atoms with E-state index in [4.69, 9.17) is 4.74 Å². The minimum Gasteiger partial charge on any atom is -0.493 e. The molecule has 0 aliphatic carbocycles. The Kier molecular flexibility index (Phi) is 8.47. The molecule has 3 aromatic carbocycles. The number of amides is 2. The Hall–Kier alpha value is -3.80. The van der Waals surface area contributed by atoms with Gasteiger partial charge in [0.2, 0.25) is 5.91 Å². The second-order valence-corrected chi connectivity index (χ2v) is 8.32. The molecule has 0 saturated heterocycles. The normalized spacial score (nSPS) is 11.5. The van der Waals surface area contributed by atoms with Crippen molar-refractivity contribution in [1.29, 1.82) is 0 Å². The van der Waals surface area contributed by atoms with Crippen LogP contribution in [-0.4, -0.2) is 25.0 Å². The van der Waals surface area contributed by atoms with Gasteiger partial charge in [0.15, 0.2) is 0 Å². The van der Waals surface area contributed by atoms with Crippen LogP contribution in [0.2, 0.25) is 0 Å². The van der Waals surface area contributed by atoms with Crippen molar-refractivity contribution in [2.24, 2.45) is 5.92 Å². The van der Waals surface area contributed by atoms with Gasteiger partial charge >= 0.3 is 0 Å². The molecule has 0 bridgehead atoms. The summed E-state index contributed by atoms with van der Waals surface area (Å²) in [7, 11) is 0. The maximum absolute atomic E-state index is 12.7. The SMILES string of the molecule is CC(C)COc1cccc(NC(=O)CNc2cccc(C(=O)NC(C)c3ccccc3)c2)c1. The lowest BCUT2D eigenvalue weighted by Gasteiger charge is -2.15. The van der Waals surface area contributed by atoms with Crippen LogP contribution in [0.1, 0.15) is 42.7 Å². The number of carbonyl (C=O) groups is 2. The third kappa shape index (κ3) is 7.68. The van der Waals surface area contributed by atoms with Crippen LogP contribution in [0, 0.1) is 5.92 Å². The summed E-state index contributed by atoms with van der Waals surface area (Å²) in [5.74, 6) is 0.783.